The third-order valence-corrected chi connectivity index (χ3v) is 2.55. The van der Waals surface area contributed by atoms with Gasteiger partial charge in [0.15, 0.2) is 0 Å². The van der Waals surface area contributed by atoms with Crippen molar-refractivity contribution >= 4 is 0 Å². The summed E-state index contributed by atoms with van der Waals surface area (Å²) in [6.07, 6.45) is 4.02. The maximum atomic E-state index is 5.36. The Bertz CT molecular complexity index is 328. The Morgan fingerprint density at radius 1 is 1.47 bits per heavy atom. The van der Waals surface area contributed by atoms with Gasteiger partial charge in [-0.15, -0.1) is 0 Å². The van der Waals surface area contributed by atoms with Crippen LogP contribution in [0.1, 0.15) is 40.2 Å². The number of aromatic nitrogens is 2. The molecule has 98 valence electrons. The van der Waals surface area contributed by atoms with Crippen molar-refractivity contribution in [3.8, 4) is 0 Å². The van der Waals surface area contributed by atoms with Gasteiger partial charge >= 0.3 is 0 Å². The highest BCUT2D eigenvalue weighted by molar-refractivity contribution is 5.05. The molecular weight excluding hydrogens is 214 g/mol. The molecule has 0 radical (unpaired) electrons. The van der Waals surface area contributed by atoms with Gasteiger partial charge in [-0.25, -0.2) is 0 Å². The quantitative estimate of drug-likeness (QED) is 0.827. The van der Waals surface area contributed by atoms with Crippen LogP contribution in [0.2, 0.25) is 0 Å². The second-order valence-corrected chi connectivity index (χ2v) is 5.41. The van der Waals surface area contributed by atoms with Crippen LogP contribution in [0.3, 0.4) is 0 Å². The predicted molar refractivity (Wildman–Crippen MR) is 70.0 cm³/mol. The highest BCUT2D eigenvalue weighted by Crippen LogP contribution is 2.13. The second-order valence-electron chi connectivity index (χ2n) is 5.41. The summed E-state index contributed by atoms with van der Waals surface area (Å²) in [5.41, 5.74) is 1.26. The van der Waals surface area contributed by atoms with Crippen LogP contribution < -0.4 is 5.32 Å². The summed E-state index contributed by atoms with van der Waals surface area (Å²) in [5.74, 6) is 0. The van der Waals surface area contributed by atoms with Gasteiger partial charge in [0, 0.05) is 31.0 Å². The average Bonchev–Trinajstić information content (AvgIpc) is 2.71. The fourth-order valence-electron chi connectivity index (χ4n) is 1.46. The van der Waals surface area contributed by atoms with E-state index in [4.69, 9.17) is 4.74 Å². The van der Waals surface area contributed by atoms with Crippen molar-refractivity contribution in [1.29, 1.82) is 0 Å². The van der Waals surface area contributed by atoms with E-state index in [2.05, 4.69) is 44.3 Å². The minimum atomic E-state index is 0.0508. The Kier molecular flexibility index (Phi) is 5.15. The van der Waals surface area contributed by atoms with Crippen LogP contribution >= 0.6 is 0 Å². The van der Waals surface area contributed by atoms with E-state index in [1.807, 2.05) is 17.8 Å². The van der Waals surface area contributed by atoms with Crippen LogP contribution in [0.4, 0.5) is 0 Å². The summed E-state index contributed by atoms with van der Waals surface area (Å²) in [4.78, 5) is 0. The lowest BCUT2D eigenvalue weighted by Crippen LogP contribution is -2.30. The van der Waals surface area contributed by atoms with Crippen molar-refractivity contribution in [2.45, 2.75) is 52.7 Å². The van der Waals surface area contributed by atoms with E-state index >= 15 is 0 Å². The molecule has 0 aliphatic heterocycles. The summed E-state index contributed by atoms with van der Waals surface area (Å²) in [5, 5.41) is 7.79. The molecule has 1 unspecified atom stereocenters. The maximum absolute atomic E-state index is 5.36. The van der Waals surface area contributed by atoms with Crippen molar-refractivity contribution in [3.63, 3.8) is 0 Å². The minimum absolute atomic E-state index is 0.0508. The average molecular weight is 239 g/mol. The first-order valence-electron chi connectivity index (χ1n) is 6.28. The normalized spacial score (nSPS) is 13.9. The van der Waals surface area contributed by atoms with Crippen LogP contribution in [0.5, 0.6) is 0 Å². The largest absolute Gasteiger partial charge is 0.380 e. The summed E-state index contributed by atoms with van der Waals surface area (Å²) in [6.45, 7) is 12.9. The van der Waals surface area contributed by atoms with Crippen molar-refractivity contribution in [3.05, 3.63) is 18.0 Å². The fraction of sp³-hybridized carbons (Fsp3) is 0.769. The molecule has 1 heterocycles. The van der Waals surface area contributed by atoms with Gasteiger partial charge in [-0.1, -0.05) is 0 Å². The highest BCUT2D eigenvalue weighted by atomic mass is 16.5. The van der Waals surface area contributed by atoms with E-state index in [1.54, 1.807) is 0 Å². The van der Waals surface area contributed by atoms with Gasteiger partial charge in [-0.2, -0.15) is 5.10 Å². The van der Waals surface area contributed by atoms with Crippen molar-refractivity contribution in [2.75, 3.05) is 13.2 Å². The zero-order valence-corrected chi connectivity index (χ0v) is 11.7. The molecule has 1 N–H and O–H groups in total. The van der Waals surface area contributed by atoms with Gasteiger partial charge < -0.3 is 10.1 Å². The zero-order valence-electron chi connectivity index (χ0n) is 11.7. The molecule has 0 spiro atoms. The molecule has 0 saturated carbocycles. The molecule has 0 aromatic carbocycles. The van der Waals surface area contributed by atoms with E-state index in [0.29, 0.717) is 6.04 Å². The molecule has 0 aliphatic carbocycles. The first kappa shape index (κ1) is 14.2. The number of hydrogen-bond donors (Lipinski definition) is 1. The molecule has 0 aliphatic rings. The minimum Gasteiger partial charge on any atom is -0.380 e. The first-order chi connectivity index (χ1) is 7.93. The van der Waals surface area contributed by atoms with E-state index in [1.165, 1.54) is 5.56 Å². The fourth-order valence-corrected chi connectivity index (χ4v) is 1.46. The third kappa shape index (κ3) is 4.88. The summed E-state index contributed by atoms with van der Waals surface area (Å²) in [6, 6.07) is 0.368. The third-order valence-electron chi connectivity index (χ3n) is 2.55. The molecule has 4 heteroatoms. The zero-order chi connectivity index (χ0) is 12.9. The summed E-state index contributed by atoms with van der Waals surface area (Å²) in [7, 11) is 0. The van der Waals surface area contributed by atoms with Crippen LogP contribution in [-0.2, 0) is 16.8 Å². The van der Waals surface area contributed by atoms with Gasteiger partial charge in [0.1, 0.15) is 0 Å². The topological polar surface area (TPSA) is 39.1 Å². The first-order valence-corrected chi connectivity index (χ1v) is 6.28. The SMILES string of the molecule is CCOCC(C)NCc1cnn(C(C)(C)C)c1. The van der Waals surface area contributed by atoms with E-state index in [-0.39, 0.29) is 5.54 Å². The highest BCUT2D eigenvalue weighted by Gasteiger charge is 2.13. The van der Waals surface area contributed by atoms with Crippen molar-refractivity contribution in [1.82, 2.24) is 15.1 Å². The van der Waals surface area contributed by atoms with Gasteiger partial charge in [-0.3, -0.25) is 4.68 Å². The monoisotopic (exact) mass is 239 g/mol. The van der Waals surface area contributed by atoms with E-state index < -0.39 is 0 Å². The molecular formula is C13H25N3O. The molecule has 0 amide bonds. The molecule has 1 rings (SSSR count). The Labute approximate surface area is 104 Å². The standard InChI is InChI=1S/C13H25N3O/c1-6-17-10-11(2)14-7-12-8-15-16(9-12)13(3,4)5/h8-9,11,14H,6-7,10H2,1-5H3. The Morgan fingerprint density at radius 3 is 2.71 bits per heavy atom. The van der Waals surface area contributed by atoms with Gasteiger partial charge in [0.05, 0.1) is 18.3 Å². The second kappa shape index (κ2) is 6.17. The molecule has 17 heavy (non-hydrogen) atoms. The number of nitrogens with one attached hydrogen (secondary N) is 1. The Hall–Kier alpha value is -0.870. The molecule has 0 saturated heterocycles. The number of rotatable bonds is 6. The van der Waals surface area contributed by atoms with E-state index in [0.717, 1.165) is 19.8 Å². The molecule has 1 aromatic heterocycles. The number of hydrogen-bond acceptors (Lipinski definition) is 3. The van der Waals surface area contributed by atoms with Gasteiger partial charge in [0.25, 0.3) is 0 Å². The van der Waals surface area contributed by atoms with E-state index in [9.17, 15) is 0 Å². The molecule has 4 nitrogen and oxygen atoms in total. The lowest BCUT2D eigenvalue weighted by Gasteiger charge is -2.18. The molecule has 1 atom stereocenters. The van der Waals surface area contributed by atoms with Crippen LogP contribution in [-0.4, -0.2) is 29.0 Å². The molecule has 0 bridgehead atoms. The molecule has 0 fully saturated rings. The number of ether oxygens (including phenoxy) is 1. The summed E-state index contributed by atoms with van der Waals surface area (Å²) < 4.78 is 7.36. The van der Waals surface area contributed by atoms with Gasteiger partial charge in [-0.05, 0) is 34.6 Å². The predicted octanol–water partition coefficient (Wildman–Crippen LogP) is 2.15. The van der Waals surface area contributed by atoms with Crippen molar-refractivity contribution in [2.24, 2.45) is 0 Å². The van der Waals surface area contributed by atoms with Crippen LogP contribution in [0.15, 0.2) is 12.4 Å². The van der Waals surface area contributed by atoms with Gasteiger partial charge in [0.2, 0.25) is 0 Å². The number of nitrogens with zero attached hydrogens (tertiary/aromatic N) is 2. The summed E-state index contributed by atoms with van der Waals surface area (Å²) >= 11 is 0. The Morgan fingerprint density at radius 2 is 2.18 bits per heavy atom. The lowest BCUT2D eigenvalue weighted by atomic mass is 10.1. The molecule has 1 aromatic rings. The smallest absolute Gasteiger partial charge is 0.0616 e. The Balaban J connectivity index is 2.40. The van der Waals surface area contributed by atoms with Crippen LogP contribution in [0, 0.1) is 0 Å². The maximum Gasteiger partial charge on any atom is 0.0616 e. The van der Waals surface area contributed by atoms with Crippen molar-refractivity contribution < 1.29 is 4.74 Å². The lowest BCUT2D eigenvalue weighted by molar-refractivity contribution is 0.127. The van der Waals surface area contributed by atoms with Crippen LogP contribution in [0.25, 0.3) is 0 Å².